The molecule has 4 rings (SSSR count). The van der Waals surface area contributed by atoms with Gasteiger partial charge in [0.25, 0.3) is 0 Å². The van der Waals surface area contributed by atoms with Gasteiger partial charge in [0.2, 0.25) is 0 Å². The number of benzene rings is 1. The molecular weight excluding hydrogens is 294 g/mol. The van der Waals surface area contributed by atoms with Crippen molar-refractivity contribution in [2.45, 2.75) is 36.7 Å². The Kier molecular flexibility index (Phi) is 3.46. The van der Waals surface area contributed by atoms with Crippen LogP contribution in [0.3, 0.4) is 0 Å². The molecule has 3 aromatic rings. The summed E-state index contributed by atoms with van der Waals surface area (Å²) < 4.78 is 4.15. The van der Waals surface area contributed by atoms with E-state index in [2.05, 4.69) is 44.1 Å². The lowest BCUT2D eigenvalue weighted by molar-refractivity contribution is 0.644. The van der Waals surface area contributed by atoms with Crippen LogP contribution in [0.5, 0.6) is 0 Å². The van der Waals surface area contributed by atoms with Crippen LogP contribution >= 0.6 is 11.8 Å². The molecule has 0 radical (unpaired) electrons. The summed E-state index contributed by atoms with van der Waals surface area (Å²) in [6.45, 7) is 2.04. The topological polar surface area (TPSA) is 48.5 Å². The Hall–Kier alpha value is -2.08. The quantitative estimate of drug-likeness (QED) is 0.678. The zero-order valence-electron chi connectivity index (χ0n) is 12.4. The second-order valence-electron chi connectivity index (χ2n) is 5.54. The molecular formula is C16H17N5S. The van der Waals surface area contributed by atoms with Gasteiger partial charge in [0, 0.05) is 24.2 Å². The summed E-state index contributed by atoms with van der Waals surface area (Å²) in [6.07, 6.45) is 6.25. The average Bonchev–Trinajstić information content (AvgIpc) is 3.09. The van der Waals surface area contributed by atoms with Crippen LogP contribution < -0.4 is 0 Å². The van der Waals surface area contributed by atoms with E-state index in [1.165, 1.54) is 18.4 Å². The van der Waals surface area contributed by atoms with Crippen molar-refractivity contribution < 1.29 is 0 Å². The van der Waals surface area contributed by atoms with Crippen molar-refractivity contribution >= 4 is 11.8 Å². The maximum atomic E-state index is 4.31. The predicted octanol–water partition coefficient (Wildman–Crippen LogP) is 3.40. The smallest absolute Gasteiger partial charge is 0.191 e. The fourth-order valence-corrected chi connectivity index (χ4v) is 3.52. The molecule has 112 valence electrons. The maximum absolute atomic E-state index is 4.31. The number of aromatic nitrogens is 5. The van der Waals surface area contributed by atoms with E-state index in [1.54, 1.807) is 18.0 Å². The first-order valence-corrected chi connectivity index (χ1v) is 8.43. The van der Waals surface area contributed by atoms with E-state index in [-0.39, 0.29) is 0 Å². The summed E-state index contributed by atoms with van der Waals surface area (Å²) >= 11 is 1.76. The normalized spacial score (nSPS) is 14.4. The Morgan fingerprint density at radius 3 is 2.68 bits per heavy atom. The molecule has 5 nitrogen and oxygen atoms in total. The Labute approximate surface area is 133 Å². The summed E-state index contributed by atoms with van der Waals surface area (Å²) in [7, 11) is 0. The summed E-state index contributed by atoms with van der Waals surface area (Å²) in [5.41, 5.74) is 2.36. The minimum absolute atomic E-state index is 0.625. The molecule has 0 bridgehead atoms. The number of aryl methyl sites for hydroxylation is 1. The van der Waals surface area contributed by atoms with Crippen molar-refractivity contribution in [1.29, 1.82) is 0 Å². The zero-order chi connectivity index (χ0) is 14.9. The standard InChI is InChI=1S/C16H17N5S/c1-12-18-19-16(21(12)15-7-8-15)22-11-13-3-5-14(6-4-13)20-10-2-9-17-20/h2-6,9-10,15H,7-8,11H2,1H3. The third kappa shape index (κ3) is 2.66. The van der Waals surface area contributed by atoms with E-state index in [0.29, 0.717) is 6.04 Å². The highest BCUT2D eigenvalue weighted by Crippen LogP contribution is 2.39. The maximum Gasteiger partial charge on any atom is 0.191 e. The van der Waals surface area contributed by atoms with Gasteiger partial charge in [-0.25, -0.2) is 4.68 Å². The summed E-state index contributed by atoms with van der Waals surface area (Å²) in [5, 5.41) is 13.8. The Morgan fingerprint density at radius 2 is 2.00 bits per heavy atom. The van der Waals surface area contributed by atoms with Gasteiger partial charge in [0.05, 0.1) is 5.69 Å². The number of hydrogen-bond acceptors (Lipinski definition) is 4. The minimum atomic E-state index is 0.625. The van der Waals surface area contributed by atoms with Gasteiger partial charge in [-0.1, -0.05) is 23.9 Å². The molecule has 1 aromatic carbocycles. The van der Waals surface area contributed by atoms with E-state index in [1.807, 2.05) is 23.9 Å². The molecule has 1 saturated carbocycles. The first-order valence-electron chi connectivity index (χ1n) is 7.44. The number of thioether (sulfide) groups is 1. The highest BCUT2D eigenvalue weighted by molar-refractivity contribution is 7.98. The van der Waals surface area contributed by atoms with Gasteiger partial charge in [0.15, 0.2) is 5.16 Å². The Bertz CT molecular complexity index is 756. The van der Waals surface area contributed by atoms with E-state index < -0.39 is 0 Å². The molecule has 0 atom stereocenters. The third-order valence-electron chi connectivity index (χ3n) is 3.82. The zero-order valence-corrected chi connectivity index (χ0v) is 13.2. The molecule has 0 aliphatic heterocycles. The third-order valence-corrected chi connectivity index (χ3v) is 4.83. The van der Waals surface area contributed by atoms with Crippen LogP contribution in [0, 0.1) is 6.92 Å². The van der Waals surface area contributed by atoms with Gasteiger partial charge in [-0.05, 0) is 43.5 Å². The van der Waals surface area contributed by atoms with Crippen molar-refractivity contribution in [1.82, 2.24) is 24.5 Å². The second-order valence-corrected chi connectivity index (χ2v) is 6.48. The van der Waals surface area contributed by atoms with Gasteiger partial charge in [-0.2, -0.15) is 5.10 Å². The van der Waals surface area contributed by atoms with Gasteiger partial charge >= 0.3 is 0 Å². The molecule has 2 aromatic heterocycles. The van der Waals surface area contributed by atoms with Crippen LogP contribution in [0.15, 0.2) is 47.9 Å². The second kappa shape index (κ2) is 5.61. The van der Waals surface area contributed by atoms with Gasteiger partial charge in [-0.15, -0.1) is 10.2 Å². The molecule has 1 aliphatic carbocycles. The molecule has 0 saturated heterocycles. The minimum Gasteiger partial charge on any atom is -0.303 e. The largest absolute Gasteiger partial charge is 0.303 e. The summed E-state index contributed by atoms with van der Waals surface area (Å²) in [6, 6.07) is 11.0. The number of nitrogens with zero attached hydrogens (tertiary/aromatic N) is 5. The van der Waals surface area contributed by atoms with Crippen molar-refractivity contribution in [3.63, 3.8) is 0 Å². The highest BCUT2D eigenvalue weighted by atomic mass is 32.2. The Balaban J connectivity index is 1.46. The lowest BCUT2D eigenvalue weighted by Gasteiger charge is -2.07. The highest BCUT2D eigenvalue weighted by Gasteiger charge is 2.28. The Morgan fingerprint density at radius 1 is 1.18 bits per heavy atom. The molecule has 1 aliphatic rings. The monoisotopic (exact) mass is 311 g/mol. The molecule has 6 heteroatoms. The predicted molar refractivity (Wildman–Crippen MR) is 86.2 cm³/mol. The molecule has 0 N–H and O–H groups in total. The van der Waals surface area contributed by atoms with E-state index in [0.717, 1.165) is 22.4 Å². The fraction of sp³-hybridized carbons (Fsp3) is 0.312. The van der Waals surface area contributed by atoms with Crippen LogP contribution in [-0.4, -0.2) is 24.5 Å². The van der Waals surface area contributed by atoms with Crippen molar-refractivity contribution in [2.24, 2.45) is 0 Å². The summed E-state index contributed by atoms with van der Waals surface area (Å²) in [5.74, 6) is 1.93. The molecule has 0 amide bonds. The lowest BCUT2D eigenvalue weighted by Crippen LogP contribution is -1.99. The summed E-state index contributed by atoms with van der Waals surface area (Å²) in [4.78, 5) is 0. The van der Waals surface area contributed by atoms with Gasteiger partial charge < -0.3 is 4.57 Å². The average molecular weight is 311 g/mol. The SMILES string of the molecule is Cc1nnc(SCc2ccc(-n3cccn3)cc2)n1C1CC1. The molecule has 2 heterocycles. The number of hydrogen-bond donors (Lipinski definition) is 0. The molecule has 22 heavy (non-hydrogen) atoms. The lowest BCUT2D eigenvalue weighted by atomic mass is 10.2. The van der Waals surface area contributed by atoms with E-state index >= 15 is 0 Å². The van der Waals surface area contributed by atoms with Crippen molar-refractivity contribution in [3.8, 4) is 5.69 Å². The molecule has 0 spiro atoms. The first kappa shape index (κ1) is 13.6. The van der Waals surface area contributed by atoms with Crippen LogP contribution in [-0.2, 0) is 5.75 Å². The van der Waals surface area contributed by atoms with Crippen molar-refractivity contribution in [2.75, 3.05) is 0 Å². The first-order chi connectivity index (χ1) is 10.8. The van der Waals surface area contributed by atoms with Crippen LogP contribution in [0.1, 0.15) is 30.3 Å². The van der Waals surface area contributed by atoms with Crippen LogP contribution in [0.25, 0.3) is 5.69 Å². The fourth-order valence-electron chi connectivity index (χ4n) is 2.52. The molecule has 0 unspecified atom stereocenters. The van der Waals surface area contributed by atoms with Gasteiger partial charge in [0.1, 0.15) is 5.82 Å². The van der Waals surface area contributed by atoms with Crippen molar-refractivity contribution in [3.05, 3.63) is 54.1 Å². The van der Waals surface area contributed by atoms with Crippen LogP contribution in [0.4, 0.5) is 0 Å². The van der Waals surface area contributed by atoms with E-state index in [9.17, 15) is 0 Å². The van der Waals surface area contributed by atoms with E-state index in [4.69, 9.17) is 0 Å². The van der Waals surface area contributed by atoms with Gasteiger partial charge in [-0.3, -0.25) is 0 Å². The van der Waals surface area contributed by atoms with Crippen LogP contribution in [0.2, 0.25) is 0 Å². The number of rotatable bonds is 5. The molecule has 1 fully saturated rings.